The van der Waals surface area contributed by atoms with Crippen LogP contribution in [0.25, 0.3) is 0 Å². The Morgan fingerprint density at radius 2 is 1.88 bits per heavy atom. The van der Waals surface area contributed by atoms with Crippen LogP contribution in [0.2, 0.25) is 0 Å². The summed E-state index contributed by atoms with van der Waals surface area (Å²) >= 11 is 0. The second kappa shape index (κ2) is 10.8. The summed E-state index contributed by atoms with van der Waals surface area (Å²) in [6, 6.07) is 15.3. The van der Waals surface area contributed by atoms with Crippen molar-refractivity contribution in [3.63, 3.8) is 0 Å². The monoisotopic (exact) mass is 457 g/mol. The van der Waals surface area contributed by atoms with Crippen LogP contribution in [0.15, 0.2) is 64.5 Å². The van der Waals surface area contributed by atoms with Gasteiger partial charge in [-0.25, -0.2) is 13.2 Å². The second-order valence-electron chi connectivity index (χ2n) is 7.44. The van der Waals surface area contributed by atoms with Crippen LogP contribution in [-0.2, 0) is 21.4 Å². The lowest BCUT2D eigenvalue weighted by molar-refractivity contribution is -0.116. The van der Waals surface area contributed by atoms with Gasteiger partial charge in [-0.1, -0.05) is 36.4 Å². The third-order valence-electron chi connectivity index (χ3n) is 4.79. The molecule has 10 heteroatoms. The number of nitrogens with one attached hydrogen (secondary N) is 3. The summed E-state index contributed by atoms with van der Waals surface area (Å²) in [6.07, 6.45) is 1.48. The molecule has 3 amide bonds. The molecule has 2 aromatic rings. The summed E-state index contributed by atoms with van der Waals surface area (Å²) in [5.74, 6) is 0.117. The van der Waals surface area contributed by atoms with E-state index in [-0.39, 0.29) is 29.8 Å². The van der Waals surface area contributed by atoms with Gasteiger partial charge >= 0.3 is 6.03 Å². The molecule has 0 bridgehead atoms. The molecule has 0 saturated carbocycles. The third-order valence-corrected chi connectivity index (χ3v) is 6.17. The van der Waals surface area contributed by atoms with E-state index in [0.29, 0.717) is 31.0 Å². The van der Waals surface area contributed by atoms with Crippen molar-refractivity contribution < 1.29 is 18.0 Å². The molecule has 32 heavy (non-hydrogen) atoms. The fourth-order valence-electron chi connectivity index (χ4n) is 3.15. The normalized spacial score (nSPS) is 13.2. The Kier molecular flexibility index (Phi) is 7.82. The predicted molar refractivity (Wildman–Crippen MR) is 123 cm³/mol. The number of benzene rings is 2. The first-order chi connectivity index (χ1) is 15.3. The molecule has 1 heterocycles. The summed E-state index contributed by atoms with van der Waals surface area (Å²) < 4.78 is 27.5. The van der Waals surface area contributed by atoms with E-state index in [1.807, 2.05) is 30.3 Å². The highest BCUT2D eigenvalue weighted by Gasteiger charge is 2.19. The summed E-state index contributed by atoms with van der Waals surface area (Å²) in [5, 5.41) is 5.37. The first-order valence-electron chi connectivity index (χ1n) is 10.3. The van der Waals surface area contributed by atoms with Crippen molar-refractivity contribution in [2.24, 2.45) is 4.99 Å². The van der Waals surface area contributed by atoms with Crippen LogP contribution >= 0.6 is 0 Å². The highest BCUT2D eigenvalue weighted by atomic mass is 32.2. The molecule has 3 N–H and O–H groups in total. The Balaban J connectivity index is 1.46. The zero-order valence-corrected chi connectivity index (χ0v) is 18.7. The molecule has 9 nitrogen and oxygen atoms in total. The minimum atomic E-state index is -3.76. The van der Waals surface area contributed by atoms with Gasteiger partial charge in [-0.3, -0.25) is 14.5 Å². The number of sulfonamides is 1. The van der Waals surface area contributed by atoms with Gasteiger partial charge < -0.3 is 15.5 Å². The molecule has 0 unspecified atom stereocenters. The molecule has 2 aromatic carbocycles. The average molecular weight is 458 g/mol. The molecule has 0 fully saturated rings. The number of anilines is 1. The van der Waals surface area contributed by atoms with Gasteiger partial charge in [0, 0.05) is 45.2 Å². The van der Waals surface area contributed by atoms with Gasteiger partial charge in [0.05, 0.1) is 4.90 Å². The van der Waals surface area contributed by atoms with Crippen molar-refractivity contribution in [1.82, 2.24) is 14.9 Å². The van der Waals surface area contributed by atoms with E-state index in [0.717, 1.165) is 12.0 Å². The molecular formula is C22H27N5O4S. The van der Waals surface area contributed by atoms with E-state index in [4.69, 9.17) is 0 Å². The Labute approximate surface area is 188 Å². The van der Waals surface area contributed by atoms with Crippen LogP contribution in [0.3, 0.4) is 0 Å². The number of nitrogens with zero attached hydrogens (tertiary/aromatic N) is 2. The fraction of sp³-hybridized carbons (Fsp3) is 0.318. The summed E-state index contributed by atoms with van der Waals surface area (Å²) in [7, 11) is -2.08. The summed E-state index contributed by atoms with van der Waals surface area (Å²) in [4.78, 5) is 30.1. The molecule has 1 aliphatic rings. The fourth-order valence-corrected chi connectivity index (χ4v) is 4.28. The molecule has 0 aliphatic carbocycles. The lowest BCUT2D eigenvalue weighted by Crippen LogP contribution is -2.38. The van der Waals surface area contributed by atoms with Crippen LogP contribution in [0.5, 0.6) is 0 Å². The van der Waals surface area contributed by atoms with E-state index in [2.05, 4.69) is 20.3 Å². The minimum Gasteiger partial charge on any atom is -0.337 e. The number of hydrogen-bond donors (Lipinski definition) is 3. The van der Waals surface area contributed by atoms with Crippen LogP contribution in [-0.4, -0.2) is 51.2 Å². The van der Waals surface area contributed by atoms with Gasteiger partial charge in [-0.2, -0.15) is 0 Å². The van der Waals surface area contributed by atoms with Crippen molar-refractivity contribution in [3.8, 4) is 0 Å². The lowest BCUT2D eigenvalue weighted by Gasteiger charge is -2.18. The van der Waals surface area contributed by atoms with Crippen LogP contribution in [0.4, 0.5) is 10.5 Å². The number of carbonyl (C=O) groups is 2. The number of amides is 3. The van der Waals surface area contributed by atoms with Crippen LogP contribution in [0.1, 0.15) is 24.8 Å². The van der Waals surface area contributed by atoms with Gasteiger partial charge in [0.1, 0.15) is 5.84 Å². The number of carbonyl (C=O) groups excluding carboxylic acids is 2. The van der Waals surface area contributed by atoms with Crippen molar-refractivity contribution in [2.45, 2.75) is 30.7 Å². The highest BCUT2D eigenvalue weighted by molar-refractivity contribution is 7.90. The third kappa shape index (κ3) is 6.81. The molecule has 0 aromatic heterocycles. The Bertz CT molecular complexity index is 1090. The highest BCUT2D eigenvalue weighted by Crippen LogP contribution is 2.16. The molecule has 3 rings (SSSR count). The Hall–Kier alpha value is -3.40. The first-order valence-corrected chi connectivity index (χ1v) is 11.8. The Morgan fingerprint density at radius 3 is 2.59 bits per heavy atom. The number of amidine groups is 1. The quantitative estimate of drug-likeness (QED) is 0.563. The number of urea groups is 1. The van der Waals surface area contributed by atoms with E-state index in [1.54, 1.807) is 19.2 Å². The van der Waals surface area contributed by atoms with Crippen molar-refractivity contribution >= 4 is 33.5 Å². The summed E-state index contributed by atoms with van der Waals surface area (Å²) in [5.41, 5.74) is 1.37. The molecule has 0 saturated heterocycles. The Morgan fingerprint density at radius 1 is 1.09 bits per heavy atom. The molecule has 0 atom stereocenters. The standard InChI is InChI=1S/C22H27N5O4S/c1-27(16-17-7-3-2-4-8-17)22(29)24-14-12-21(28)25-18-9-5-10-19(15-18)32(30,31)26-20-11-6-13-23-20/h2-5,7-10,15H,6,11-14,16H2,1H3,(H,23,26)(H,24,29)(H,25,28). The van der Waals surface area contributed by atoms with E-state index >= 15 is 0 Å². The maximum atomic E-state index is 12.5. The van der Waals surface area contributed by atoms with Gasteiger partial charge in [-0.15, -0.1) is 0 Å². The maximum Gasteiger partial charge on any atom is 0.317 e. The lowest BCUT2D eigenvalue weighted by atomic mass is 10.2. The van der Waals surface area contributed by atoms with Crippen molar-refractivity contribution in [3.05, 3.63) is 60.2 Å². The topological polar surface area (TPSA) is 120 Å². The summed E-state index contributed by atoms with van der Waals surface area (Å²) in [6.45, 7) is 1.23. The van der Waals surface area contributed by atoms with Gasteiger partial charge in [-0.05, 0) is 30.2 Å². The molecule has 170 valence electrons. The van der Waals surface area contributed by atoms with Gasteiger partial charge in [0.15, 0.2) is 0 Å². The van der Waals surface area contributed by atoms with E-state index < -0.39 is 10.0 Å². The number of rotatable bonds is 8. The zero-order chi connectivity index (χ0) is 23.0. The first kappa shape index (κ1) is 23.3. The molecular weight excluding hydrogens is 430 g/mol. The van der Waals surface area contributed by atoms with Gasteiger partial charge in [0.2, 0.25) is 5.91 Å². The number of hydrogen-bond acceptors (Lipinski definition) is 5. The van der Waals surface area contributed by atoms with Crippen molar-refractivity contribution in [2.75, 3.05) is 25.5 Å². The average Bonchev–Trinajstić information content (AvgIpc) is 3.27. The van der Waals surface area contributed by atoms with Crippen LogP contribution in [0, 0.1) is 0 Å². The van der Waals surface area contributed by atoms with E-state index in [1.165, 1.54) is 17.0 Å². The minimum absolute atomic E-state index is 0.0424. The van der Waals surface area contributed by atoms with Crippen molar-refractivity contribution in [1.29, 1.82) is 0 Å². The molecule has 0 spiro atoms. The molecule has 1 aliphatic heterocycles. The van der Waals surface area contributed by atoms with E-state index in [9.17, 15) is 18.0 Å². The smallest absolute Gasteiger partial charge is 0.317 e. The maximum absolute atomic E-state index is 12.5. The molecule has 0 radical (unpaired) electrons. The SMILES string of the molecule is CN(Cc1ccccc1)C(=O)NCCC(=O)Nc1cccc(S(=O)(=O)NC2=NCCC2)c1. The van der Waals surface area contributed by atoms with Gasteiger partial charge in [0.25, 0.3) is 10.0 Å². The number of aliphatic imine (C=N–C) groups is 1. The predicted octanol–water partition coefficient (Wildman–Crippen LogP) is 2.33. The largest absolute Gasteiger partial charge is 0.337 e. The van der Waals surface area contributed by atoms with Crippen LogP contribution < -0.4 is 15.4 Å². The second-order valence-corrected chi connectivity index (χ2v) is 9.12. The zero-order valence-electron chi connectivity index (χ0n) is 17.9.